The van der Waals surface area contributed by atoms with Gasteiger partial charge in [0.25, 0.3) is 0 Å². The van der Waals surface area contributed by atoms with Crippen LogP contribution in [0.4, 0.5) is 17.6 Å². The maximum Gasteiger partial charge on any atom is 0.416 e. The summed E-state index contributed by atoms with van der Waals surface area (Å²) in [7, 11) is 1.28. The van der Waals surface area contributed by atoms with Gasteiger partial charge in [0, 0.05) is 42.8 Å². The standard InChI is InChI=1S/C25H27ClF4N2O4/c1-15-13-31(14-18-10-20(26)6-7-22(18)36-16(2)24(34)35-3)8-9-32(15)23(33)11-17-4-5-19(12-21(17)27)25(28,29)30/h4-7,10,12,15-16H,8-9,11,13-14H2,1-3H3/t15-,16-/m0/s1. The van der Waals surface area contributed by atoms with E-state index >= 15 is 0 Å². The zero-order valence-corrected chi connectivity index (χ0v) is 20.8. The molecule has 11 heteroatoms. The van der Waals surface area contributed by atoms with E-state index in [1.165, 1.54) is 7.11 Å². The number of hydrogen-bond donors (Lipinski definition) is 0. The van der Waals surface area contributed by atoms with Crippen molar-refractivity contribution in [2.45, 2.75) is 45.1 Å². The summed E-state index contributed by atoms with van der Waals surface area (Å²) in [5.41, 5.74) is -0.413. The lowest BCUT2D eigenvalue weighted by Gasteiger charge is -2.40. The summed E-state index contributed by atoms with van der Waals surface area (Å²) in [6.45, 7) is 5.24. The molecule has 1 heterocycles. The first-order valence-electron chi connectivity index (χ1n) is 11.3. The predicted molar refractivity (Wildman–Crippen MR) is 125 cm³/mol. The highest BCUT2D eigenvalue weighted by Gasteiger charge is 2.32. The molecule has 0 N–H and O–H groups in total. The van der Waals surface area contributed by atoms with Crippen LogP contribution in [0, 0.1) is 5.82 Å². The van der Waals surface area contributed by atoms with Crippen LogP contribution in [-0.4, -0.2) is 60.6 Å². The van der Waals surface area contributed by atoms with Gasteiger partial charge in [-0.2, -0.15) is 13.2 Å². The van der Waals surface area contributed by atoms with Crippen LogP contribution in [0.1, 0.15) is 30.5 Å². The van der Waals surface area contributed by atoms with E-state index < -0.39 is 29.6 Å². The van der Waals surface area contributed by atoms with Crippen LogP contribution in [0.25, 0.3) is 0 Å². The van der Waals surface area contributed by atoms with Crippen molar-refractivity contribution >= 4 is 23.5 Å². The number of methoxy groups -OCH3 is 1. The monoisotopic (exact) mass is 530 g/mol. The zero-order valence-electron chi connectivity index (χ0n) is 20.1. The van der Waals surface area contributed by atoms with Crippen molar-refractivity contribution in [2.75, 3.05) is 26.7 Å². The molecule has 1 amide bonds. The molecule has 36 heavy (non-hydrogen) atoms. The highest BCUT2D eigenvalue weighted by molar-refractivity contribution is 6.30. The minimum absolute atomic E-state index is 0.0805. The molecule has 0 aromatic heterocycles. The van der Waals surface area contributed by atoms with Crippen LogP contribution < -0.4 is 4.74 Å². The van der Waals surface area contributed by atoms with Gasteiger partial charge in [0.05, 0.1) is 19.1 Å². The summed E-state index contributed by atoms with van der Waals surface area (Å²) >= 11 is 6.17. The van der Waals surface area contributed by atoms with E-state index in [-0.39, 0.29) is 23.9 Å². The Hall–Kier alpha value is -2.85. The van der Waals surface area contributed by atoms with E-state index in [9.17, 15) is 27.2 Å². The summed E-state index contributed by atoms with van der Waals surface area (Å²) in [6.07, 6.45) is -5.79. The fourth-order valence-electron chi connectivity index (χ4n) is 4.11. The number of rotatable bonds is 7. The van der Waals surface area contributed by atoms with Crippen molar-refractivity contribution in [1.29, 1.82) is 0 Å². The number of ether oxygens (including phenoxy) is 2. The van der Waals surface area contributed by atoms with Crippen molar-refractivity contribution < 1.29 is 36.6 Å². The molecule has 2 aromatic carbocycles. The molecule has 196 valence electrons. The SMILES string of the molecule is COC(=O)[C@H](C)Oc1ccc(Cl)cc1CN1CCN(C(=O)Cc2ccc(C(F)(F)F)cc2F)[C@@H](C)C1. The average molecular weight is 531 g/mol. The molecule has 1 saturated heterocycles. The second-order valence-corrected chi connectivity index (χ2v) is 9.12. The summed E-state index contributed by atoms with van der Waals surface area (Å²) in [5, 5.41) is 0.503. The van der Waals surface area contributed by atoms with Crippen molar-refractivity contribution in [1.82, 2.24) is 9.80 Å². The number of amides is 1. The van der Waals surface area contributed by atoms with Crippen molar-refractivity contribution in [2.24, 2.45) is 0 Å². The van der Waals surface area contributed by atoms with Gasteiger partial charge in [0.1, 0.15) is 11.6 Å². The molecule has 2 atom stereocenters. The van der Waals surface area contributed by atoms with Crippen LogP contribution in [0.15, 0.2) is 36.4 Å². The summed E-state index contributed by atoms with van der Waals surface area (Å²) in [5.74, 6) is -1.44. The van der Waals surface area contributed by atoms with Gasteiger partial charge in [-0.25, -0.2) is 9.18 Å². The van der Waals surface area contributed by atoms with E-state index in [2.05, 4.69) is 4.90 Å². The third-order valence-electron chi connectivity index (χ3n) is 6.01. The van der Waals surface area contributed by atoms with Crippen LogP contribution in [-0.2, 0) is 33.5 Å². The average Bonchev–Trinajstić information content (AvgIpc) is 2.80. The molecular weight excluding hydrogens is 504 g/mol. The second-order valence-electron chi connectivity index (χ2n) is 8.69. The van der Waals surface area contributed by atoms with E-state index in [1.54, 1.807) is 30.0 Å². The number of carbonyl (C=O) groups excluding carboxylic acids is 2. The second kappa shape index (κ2) is 11.5. The molecule has 1 aliphatic heterocycles. The number of piperazine rings is 1. The number of hydrogen-bond acceptors (Lipinski definition) is 5. The van der Waals surface area contributed by atoms with Gasteiger partial charge >= 0.3 is 12.1 Å². The Morgan fingerprint density at radius 1 is 1.14 bits per heavy atom. The fraction of sp³-hybridized carbons (Fsp3) is 0.440. The molecule has 0 spiro atoms. The van der Waals surface area contributed by atoms with Gasteiger partial charge in [-0.05, 0) is 49.7 Å². The maximum atomic E-state index is 14.2. The number of alkyl halides is 3. The molecule has 1 aliphatic rings. The van der Waals surface area contributed by atoms with Crippen molar-refractivity contribution in [3.8, 4) is 5.75 Å². The number of halogens is 5. The van der Waals surface area contributed by atoms with Gasteiger partial charge in [-0.3, -0.25) is 9.69 Å². The van der Waals surface area contributed by atoms with E-state index in [1.807, 2.05) is 6.92 Å². The Morgan fingerprint density at radius 2 is 1.86 bits per heavy atom. The number of nitrogens with zero attached hydrogens (tertiary/aromatic N) is 2. The third kappa shape index (κ3) is 6.88. The lowest BCUT2D eigenvalue weighted by molar-refractivity contribution is -0.148. The van der Waals surface area contributed by atoms with Crippen LogP contribution in [0.3, 0.4) is 0 Å². The van der Waals surface area contributed by atoms with Crippen LogP contribution in [0.2, 0.25) is 5.02 Å². The van der Waals surface area contributed by atoms with Crippen LogP contribution in [0.5, 0.6) is 5.75 Å². The minimum Gasteiger partial charge on any atom is -0.479 e. The molecular formula is C25H27ClF4N2O4. The smallest absolute Gasteiger partial charge is 0.416 e. The molecule has 0 aliphatic carbocycles. The highest BCUT2D eigenvalue weighted by Crippen LogP contribution is 2.31. The molecule has 0 saturated carbocycles. The molecule has 3 rings (SSSR count). The zero-order chi connectivity index (χ0) is 26.6. The van der Waals surface area contributed by atoms with Gasteiger partial charge in [0.15, 0.2) is 6.10 Å². The Morgan fingerprint density at radius 3 is 2.47 bits per heavy atom. The van der Waals surface area contributed by atoms with Gasteiger partial charge < -0.3 is 14.4 Å². The van der Waals surface area contributed by atoms with Crippen molar-refractivity contribution in [3.05, 3.63) is 63.9 Å². The molecule has 6 nitrogen and oxygen atoms in total. The first-order valence-corrected chi connectivity index (χ1v) is 11.7. The summed E-state index contributed by atoms with van der Waals surface area (Å²) < 4.78 is 63.0. The summed E-state index contributed by atoms with van der Waals surface area (Å²) in [6, 6.07) is 7.06. The lowest BCUT2D eigenvalue weighted by Crippen LogP contribution is -2.54. The molecule has 2 aromatic rings. The predicted octanol–water partition coefficient (Wildman–Crippen LogP) is 4.71. The largest absolute Gasteiger partial charge is 0.479 e. The molecule has 1 fully saturated rings. The number of carbonyl (C=O) groups is 2. The number of benzene rings is 2. The minimum atomic E-state index is -4.65. The number of esters is 1. The van der Waals surface area contributed by atoms with E-state index in [4.69, 9.17) is 21.1 Å². The topological polar surface area (TPSA) is 59.1 Å². The Bertz CT molecular complexity index is 1110. The summed E-state index contributed by atoms with van der Waals surface area (Å²) in [4.78, 5) is 28.3. The van der Waals surface area contributed by atoms with E-state index in [0.29, 0.717) is 43.0 Å². The normalized spacial score (nSPS) is 17.6. The fourth-order valence-corrected chi connectivity index (χ4v) is 4.31. The molecule has 0 bridgehead atoms. The maximum absolute atomic E-state index is 14.2. The Balaban J connectivity index is 1.64. The van der Waals surface area contributed by atoms with Crippen LogP contribution >= 0.6 is 11.6 Å². The third-order valence-corrected chi connectivity index (χ3v) is 6.24. The molecule has 0 radical (unpaired) electrons. The van der Waals surface area contributed by atoms with Gasteiger partial charge in [0.2, 0.25) is 5.91 Å². The van der Waals surface area contributed by atoms with Crippen molar-refractivity contribution in [3.63, 3.8) is 0 Å². The van der Waals surface area contributed by atoms with Gasteiger partial charge in [-0.15, -0.1) is 0 Å². The first kappa shape index (κ1) is 27.7. The Kier molecular flexibility index (Phi) is 8.84. The first-order chi connectivity index (χ1) is 16.9. The van der Waals surface area contributed by atoms with E-state index in [0.717, 1.165) is 17.7 Å². The Labute approximate surface area is 211 Å². The quantitative estimate of drug-likeness (QED) is 0.383. The highest BCUT2D eigenvalue weighted by atomic mass is 35.5. The van der Waals surface area contributed by atoms with Gasteiger partial charge in [-0.1, -0.05) is 17.7 Å². The molecule has 0 unspecified atom stereocenters. The lowest BCUT2D eigenvalue weighted by atomic mass is 10.1.